The average Bonchev–Trinajstić information content (AvgIpc) is 3.69. The Balaban J connectivity index is 1.36. The standard InChI is InChI=1S/C34H44N4O5S/c1-21(37(5)33(42)43-34(2,3)4)30(40)36-29(22-12-7-6-8-13-22)32(41)38-19-11-16-27(38)31-35-26(20-44-31)24-17-18-28(39)25-15-10-9-14-23(24)25/h9-10,14-15,17-18,20-22,27,29,39H,6-8,11-13,16,19H2,1-5H3,(H,36,40)/t21-,27-,29-/m0/s1. The highest BCUT2D eigenvalue weighted by Gasteiger charge is 2.41. The van der Waals surface area contributed by atoms with Crippen molar-refractivity contribution >= 4 is 40.0 Å². The number of hydrogen-bond acceptors (Lipinski definition) is 7. The van der Waals surface area contributed by atoms with Crippen LogP contribution < -0.4 is 5.32 Å². The van der Waals surface area contributed by atoms with Crippen molar-refractivity contribution in [2.24, 2.45) is 5.92 Å². The number of carbonyl (C=O) groups excluding carboxylic acids is 3. The van der Waals surface area contributed by atoms with Crippen LogP contribution in [0.15, 0.2) is 41.8 Å². The molecule has 2 aliphatic rings. The molecule has 3 amide bonds. The molecule has 9 nitrogen and oxygen atoms in total. The number of rotatable bonds is 7. The summed E-state index contributed by atoms with van der Waals surface area (Å²) in [5.74, 6) is -0.175. The molecule has 2 N–H and O–H groups in total. The summed E-state index contributed by atoms with van der Waals surface area (Å²) >= 11 is 1.54. The molecule has 3 aromatic rings. The number of thiazole rings is 1. The van der Waals surface area contributed by atoms with Crippen LogP contribution in [0.2, 0.25) is 0 Å². The first-order valence-corrected chi connectivity index (χ1v) is 16.6. The molecule has 1 saturated carbocycles. The van der Waals surface area contributed by atoms with E-state index < -0.39 is 23.8 Å². The van der Waals surface area contributed by atoms with E-state index in [2.05, 4.69) is 5.32 Å². The Morgan fingerprint density at radius 3 is 2.45 bits per heavy atom. The van der Waals surface area contributed by atoms with Gasteiger partial charge in [0.15, 0.2) is 0 Å². The maximum Gasteiger partial charge on any atom is 0.410 e. The number of hydrogen-bond donors (Lipinski definition) is 2. The van der Waals surface area contributed by atoms with Crippen LogP contribution in [-0.4, -0.2) is 69.1 Å². The Morgan fingerprint density at radius 1 is 1.05 bits per heavy atom. The lowest BCUT2D eigenvalue weighted by Crippen LogP contribution is -2.56. The lowest BCUT2D eigenvalue weighted by Gasteiger charge is -2.36. The van der Waals surface area contributed by atoms with Gasteiger partial charge in [-0.2, -0.15) is 0 Å². The van der Waals surface area contributed by atoms with Crippen molar-refractivity contribution in [2.75, 3.05) is 13.6 Å². The number of phenols is 1. The molecule has 10 heteroatoms. The smallest absolute Gasteiger partial charge is 0.410 e. The third kappa shape index (κ3) is 6.85. The van der Waals surface area contributed by atoms with Gasteiger partial charge in [0.1, 0.15) is 28.4 Å². The number of nitrogens with one attached hydrogen (secondary N) is 1. The fourth-order valence-electron chi connectivity index (χ4n) is 6.33. The lowest BCUT2D eigenvalue weighted by molar-refractivity contribution is -0.140. The predicted molar refractivity (Wildman–Crippen MR) is 172 cm³/mol. The third-order valence-corrected chi connectivity index (χ3v) is 9.79. The number of aromatic hydroxyl groups is 1. The molecule has 1 aromatic heterocycles. The molecule has 5 rings (SSSR count). The van der Waals surface area contributed by atoms with Gasteiger partial charge in [0.25, 0.3) is 0 Å². The molecule has 2 fully saturated rings. The second-order valence-corrected chi connectivity index (χ2v) is 14.0. The largest absolute Gasteiger partial charge is 0.507 e. The number of ether oxygens (including phenoxy) is 1. The number of carbonyl (C=O) groups is 3. The number of likely N-dealkylation sites (N-methyl/N-ethyl adjacent to an activating group) is 1. The Bertz CT molecular complexity index is 1510. The zero-order valence-corrected chi connectivity index (χ0v) is 27.2. The van der Waals surface area contributed by atoms with E-state index >= 15 is 0 Å². The number of aromatic nitrogens is 1. The highest BCUT2D eigenvalue weighted by Crippen LogP contribution is 2.39. The topological polar surface area (TPSA) is 112 Å². The average molecular weight is 621 g/mol. The van der Waals surface area contributed by atoms with E-state index in [0.717, 1.165) is 72.0 Å². The van der Waals surface area contributed by atoms with Crippen molar-refractivity contribution in [2.45, 2.75) is 96.4 Å². The molecule has 0 radical (unpaired) electrons. The molecule has 0 bridgehead atoms. The lowest BCUT2D eigenvalue weighted by atomic mass is 9.83. The summed E-state index contributed by atoms with van der Waals surface area (Å²) < 4.78 is 5.46. The van der Waals surface area contributed by atoms with Gasteiger partial charge >= 0.3 is 6.09 Å². The minimum Gasteiger partial charge on any atom is -0.507 e. The van der Waals surface area contributed by atoms with Crippen LogP contribution in [0.25, 0.3) is 22.0 Å². The number of phenolic OH excluding ortho intramolecular Hbond substituents is 1. The maximum atomic E-state index is 14.3. The fourth-order valence-corrected chi connectivity index (χ4v) is 7.29. The van der Waals surface area contributed by atoms with Crippen LogP contribution in [0, 0.1) is 5.92 Å². The number of benzene rings is 2. The van der Waals surface area contributed by atoms with E-state index in [-0.39, 0.29) is 29.5 Å². The van der Waals surface area contributed by atoms with Gasteiger partial charge in [-0.1, -0.05) is 43.5 Å². The number of nitrogens with zero attached hydrogens (tertiary/aromatic N) is 3. The Morgan fingerprint density at radius 2 is 1.75 bits per heavy atom. The third-order valence-electron chi connectivity index (χ3n) is 8.85. The maximum absolute atomic E-state index is 14.3. The zero-order chi connectivity index (χ0) is 31.6. The van der Waals surface area contributed by atoms with Crippen molar-refractivity contribution < 1.29 is 24.2 Å². The molecule has 236 valence electrons. The van der Waals surface area contributed by atoms with E-state index in [0.29, 0.717) is 6.54 Å². The van der Waals surface area contributed by atoms with Crippen molar-refractivity contribution in [3.8, 4) is 17.0 Å². The molecular weight excluding hydrogens is 576 g/mol. The molecule has 1 aliphatic carbocycles. The number of amides is 3. The molecule has 2 aromatic carbocycles. The SMILES string of the molecule is C[C@@H](C(=O)N[C@H](C(=O)N1CCC[C@H]1c1nc(-c2ccc(O)c3ccccc23)cs1)C1CCCCC1)N(C)C(=O)OC(C)(C)C. The van der Waals surface area contributed by atoms with Gasteiger partial charge in [-0.25, -0.2) is 9.78 Å². The molecule has 2 heterocycles. The Hall–Kier alpha value is -3.66. The van der Waals surface area contributed by atoms with Gasteiger partial charge < -0.3 is 20.1 Å². The van der Waals surface area contributed by atoms with Crippen molar-refractivity contribution in [3.05, 3.63) is 46.8 Å². The minimum absolute atomic E-state index is 0.0377. The van der Waals surface area contributed by atoms with E-state index in [1.165, 1.54) is 4.90 Å². The van der Waals surface area contributed by atoms with Gasteiger partial charge in [-0.15, -0.1) is 11.3 Å². The summed E-state index contributed by atoms with van der Waals surface area (Å²) in [7, 11) is 1.55. The predicted octanol–water partition coefficient (Wildman–Crippen LogP) is 6.65. The molecule has 0 unspecified atom stereocenters. The monoisotopic (exact) mass is 620 g/mol. The van der Waals surface area contributed by atoms with Gasteiger partial charge in [0.05, 0.1) is 11.7 Å². The van der Waals surface area contributed by atoms with Crippen LogP contribution >= 0.6 is 11.3 Å². The van der Waals surface area contributed by atoms with Crippen molar-refractivity contribution in [1.29, 1.82) is 0 Å². The van der Waals surface area contributed by atoms with Crippen LogP contribution in [0.3, 0.4) is 0 Å². The van der Waals surface area contributed by atoms with E-state index in [1.807, 2.05) is 40.6 Å². The van der Waals surface area contributed by atoms with E-state index in [1.54, 1.807) is 52.1 Å². The summed E-state index contributed by atoms with van der Waals surface area (Å²) in [5.41, 5.74) is 1.07. The normalized spacial score (nSPS) is 19.0. The first kappa shape index (κ1) is 31.8. The summed E-state index contributed by atoms with van der Waals surface area (Å²) in [6, 6.07) is 9.66. The van der Waals surface area contributed by atoms with Crippen molar-refractivity contribution in [3.63, 3.8) is 0 Å². The van der Waals surface area contributed by atoms with Crippen LogP contribution in [-0.2, 0) is 14.3 Å². The van der Waals surface area contributed by atoms with Crippen LogP contribution in [0.4, 0.5) is 4.79 Å². The highest BCUT2D eigenvalue weighted by molar-refractivity contribution is 7.10. The fraction of sp³-hybridized carbons (Fsp3) is 0.529. The molecule has 1 aliphatic heterocycles. The highest BCUT2D eigenvalue weighted by atomic mass is 32.1. The molecule has 44 heavy (non-hydrogen) atoms. The Labute approximate surface area is 263 Å². The quantitative estimate of drug-likeness (QED) is 0.306. The van der Waals surface area contributed by atoms with E-state index in [4.69, 9.17) is 9.72 Å². The van der Waals surface area contributed by atoms with Crippen LogP contribution in [0.5, 0.6) is 5.75 Å². The summed E-state index contributed by atoms with van der Waals surface area (Å²) in [6.07, 6.45) is 6.01. The second-order valence-electron chi connectivity index (χ2n) is 13.1. The molecule has 3 atom stereocenters. The van der Waals surface area contributed by atoms with Gasteiger partial charge in [0, 0.05) is 29.9 Å². The summed E-state index contributed by atoms with van der Waals surface area (Å²) in [4.78, 5) is 48.7. The Kier molecular flexibility index (Phi) is 9.48. The van der Waals surface area contributed by atoms with Gasteiger partial charge in [-0.3, -0.25) is 14.5 Å². The molecule has 0 spiro atoms. The second kappa shape index (κ2) is 13.1. The number of likely N-dealkylation sites (tertiary alicyclic amines) is 1. The van der Waals surface area contributed by atoms with Gasteiger partial charge in [0.2, 0.25) is 11.8 Å². The first-order valence-electron chi connectivity index (χ1n) is 15.7. The van der Waals surface area contributed by atoms with Crippen molar-refractivity contribution in [1.82, 2.24) is 20.1 Å². The molecular formula is C34H44N4O5S. The minimum atomic E-state index is -0.806. The number of fused-ring (bicyclic) bond motifs is 1. The molecule has 1 saturated heterocycles. The summed E-state index contributed by atoms with van der Waals surface area (Å²) in [6.45, 7) is 7.61. The summed E-state index contributed by atoms with van der Waals surface area (Å²) in [5, 5.41) is 18.0. The first-order chi connectivity index (χ1) is 20.9. The van der Waals surface area contributed by atoms with E-state index in [9.17, 15) is 19.5 Å². The van der Waals surface area contributed by atoms with Gasteiger partial charge in [-0.05, 0) is 76.8 Å². The zero-order valence-electron chi connectivity index (χ0n) is 26.3. The van der Waals surface area contributed by atoms with Crippen LogP contribution in [0.1, 0.15) is 83.7 Å².